The van der Waals surface area contributed by atoms with E-state index in [0.717, 1.165) is 11.4 Å². The summed E-state index contributed by atoms with van der Waals surface area (Å²) in [6.45, 7) is 2.15. The van der Waals surface area contributed by atoms with Crippen LogP contribution < -0.4 is 4.90 Å². The number of hydrogen-bond donors (Lipinski definition) is 0. The number of ether oxygens (including phenoxy) is 1. The second kappa shape index (κ2) is 5.95. The summed E-state index contributed by atoms with van der Waals surface area (Å²) in [5.74, 6) is -0.318. The number of carbonyl (C=O) groups excluding carboxylic acids is 1. The lowest BCUT2D eigenvalue weighted by molar-refractivity contribution is 0.0526. The molecule has 0 aliphatic heterocycles. The van der Waals surface area contributed by atoms with Crippen molar-refractivity contribution in [3.8, 4) is 0 Å². The molecule has 1 heterocycles. The molecular weight excluding hydrogens is 242 g/mol. The molecule has 19 heavy (non-hydrogen) atoms. The highest BCUT2D eigenvalue weighted by molar-refractivity contribution is 5.90. The quantitative estimate of drug-likeness (QED) is 0.787. The van der Waals surface area contributed by atoms with Gasteiger partial charge in [0.25, 0.3) is 0 Å². The Balaban J connectivity index is 2.26. The third kappa shape index (κ3) is 3.07. The summed E-state index contributed by atoms with van der Waals surface area (Å²) in [6.07, 6.45) is 4.90. The molecule has 1 aromatic carbocycles. The third-order valence-electron chi connectivity index (χ3n) is 2.68. The molecule has 0 amide bonds. The highest BCUT2D eigenvalue weighted by Gasteiger charge is 2.10. The van der Waals surface area contributed by atoms with Gasteiger partial charge in [-0.25, -0.2) is 14.8 Å². The smallest absolute Gasteiger partial charge is 0.338 e. The number of carbonyl (C=O) groups is 1. The maximum atomic E-state index is 11.7. The number of hydrogen-bond acceptors (Lipinski definition) is 5. The van der Waals surface area contributed by atoms with Crippen LogP contribution in [0.1, 0.15) is 17.3 Å². The molecule has 5 nitrogen and oxygen atoms in total. The first kappa shape index (κ1) is 13.0. The second-order valence-electron chi connectivity index (χ2n) is 3.93. The fourth-order valence-corrected chi connectivity index (χ4v) is 1.67. The predicted octanol–water partition coefficient (Wildman–Crippen LogP) is 2.42. The van der Waals surface area contributed by atoms with Crippen molar-refractivity contribution >= 4 is 17.3 Å². The van der Waals surface area contributed by atoms with E-state index in [0.29, 0.717) is 12.2 Å². The monoisotopic (exact) mass is 257 g/mol. The van der Waals surface area contributed by atoms with Gasteiger partial charge >= 0.3 is 5.97 Å². The summed E-state index contributed by atoms with van der Waals surface area (Å²) >= 11 is 0. The molecule has 0 unspecified atom stereocenters. The van der Waals surface area contributed by atoms with Gasteiger partial charge in [0.05, 0.1) is 30.3 Å². The van der Waals surface area contributed by atoms with Crippen LogP contribution in [-0.2, 0) is 4.74 Å². The Kier molecular flexibility index (Phi) is 4.07. The molecule has 0 aliphatic carbocycles. The Hall–Kier alpha value is -2.43. The Morgan fingerprint density at radius 2 is 2.00 bits per heavy atom. The molecule has 0 bridgehead atoms. The van der Waals surface area contributed by atoms with E-state index in [2.05, 4.69) is 9.97 Å². The molecule has 98 valence electrons. The van der Waals surface area contributed by atoms with Crippen LogP contribution in [0.5, 0.6) is 0 Å². The van der Waals surface area contributed by atoms with Gasteiger partial charge in [-0.1, -0.05) is 6.07 Å². The number of rotatable bonds is 4. The van der Waals surface area contributed by atoms with Crippen molar-refractivity contribution in [1.82, 2.24) is 9.97 Å². The molecule has 0 aliphatic rings. The number of anilines is 2. The van der Waals surface area contributed by atoms with Crippen molar-refractivity contribution in [2.75, 3.05) is 18.6 Å². The second-order valence-corrected chi connectivity index (χ2v) is 3.93. The SMILES string of the molecule is CCOC(=O)c1cccc(N(C)c2cncnc2)c1. The van der Waals surface area contributed by atoms with Gasteiger partial charge < -0.3 is 9.64 Å². The van der Waals surface area contributed by atoms with Crippen LogP contribution in [-0.4, -0.2) is 29.6 Å². The van der Waals surface area contributed by atoms with E-state index in [1.165, 1.54) is 6.33 Å². The topological polar surface area (TPSA) is 55.3 Å². The third-order valence-corrected chi connectivity index (χ3v) is 2.68. The van der Waals surface area contributed by atoms with Gasteiger partial charge in [-0.15, -0.1) is 0 Å². The molecule has 0 saturated carbocycles. The molecule has 1 aromatic heterocycles. The van der Waals surface area contributed by atoms with Crippen LogP contribution >= 0.6 is 0 Å². The fraction of sp³-hybridized carbons (Fsp3) is 0.214. The molecule has 2 rings (SSSR count). The molecule has 5 heteroatoms. The van der Waals surface area contributed by atoms with Crippen LogP contribution in [0.2, 0.25) is 0 Å². The Morgan fingerprint density at radius 3 is 2.68 bits per heavy atom. The van der Waals surface area contributed by atoms with Crippen LogP contribution in [0.15, 0.2) is 43.0 Å². The molecule has 0 atom stereocenters. The zero-order valence-corrected chi connectivity index (χ0v) is 10.9. The van der Waals surface area contributed by atoms with E-state index in [4.69, 9.17) is 4.74 Å². The van der Waals surface area contributed by atoms with Gasteiger partial charge in [-0.3, -0.25) is 0 Å². The van der Waals surface area contributed by atoms with Crippen LogP contribution in [0.3, 0.4) is 0 Å². The van der Waals surface area contributed by atoms with E-state index < -0.39 is 0 Å². The Labute approximate surface area is 111 Å². The molecule has 0 fully saturated rings. The molecule has 0 saturated heterocycles. The fourth-order valence-electron chi connectivity index (χ4n) is 1.67. The number of aromatic nitrogens is 2. The predicted molar refractivity (Wildman–Crippen MR) is 72.5 cm³/mol. The lowest BCUT2D eigenvalue weighted by Crippen LogP contribution is -2.11. The minimum Gasteiger partial charge on any atom is -0.462 e. The molecule has 0 spiro atoms. The lowest BCUT2D eigenvalue weighted by Gasteiger charge is -2.18. The highest BCUT2D eigenvalue weighted by Crippen LogP contribution is 2.22. The van der Waals surface area contributed by atoms with Crippen LogP contribution in [0.25, 0.3) is 0 Å². The normalized spacial score (nSPS) is 10.0. The van der Waals surface area contributed by atoms with E-state index in [1.54, 1.807) is 31.5 Å². The summed E-state index contributed by atoms with van der Waals surface area (Å²) in [5.41, 5.74) is 2.26. The van der Waals surface area contributed by atoms with Gasteiger partial charge in [0.2, 0.25) is 0 Å². The first-order chi connectivity index (χ1) is 9.22. The first-order valence-electron chi connectivity index (χ1n) is 5.98. The summed E-state index contributed by atoms with van der Waals surface area (Å²) < 4.78 is 4.99. The maximum absolute atomic E-state index is 11.7. The van der Waals surface area contributed by atoms with Gasteiger partial charge in [0.15, 0.2) is 0 Å². The van der Waals surface area contributed by atoms with Gasteiger partial charge in [-0.2, -0.15) is 0 Å². The summed E-state index contributed by atoms with van der Waals surface area (Å²) in [6, 6.07) is 7.25. The van der Waals surface area contributed by atoms with Crippen molar-refractivity contribution in [3.63, 3.8) is 0 Å². The number of esters is 1. The first-order valence-corrected chi connectivity index (χ1v) is 5.98. The molecule has 2 aromatic rings. The minimum atomic E-state index is -0.318. The van der Waals surface area contributed by atoms with Crippen molar-refractivity contribution in [3.05, 3.63) is 48.5 Å². The van der Waals surface area contributed by atoms with Crippen LogP contribution in [0.4, 0.5) is 11.4 Å². The van der Waals surface area contributed by atoms with Gasteiger partial charge in [-0.05, 0) is 25.1 Å². The minimum absolute atomic E-state index is 0.318. The summed E-state index contributed by atoms with van der Waals surface area (Å²) in [7, 11) is 1.89. The van der Waals surface area contributed by atoms with E-state index in [1.807, 2.05) is 24.1 Å². The highest BCUT2D eigenvalue weighted by atomic mass is 16.5. The van der Waals surface area contributed by atoms with Crippen molar-refractivity contribution < 1.29 is 9.53 Å². The van der Waals surface area contributed by atoms with E-state index >= 15 is 0 Å². The number of benzene rings is 1. The summed E-state index contributed by atoms with van der Waals surface area (Å²) in [4.78, 5) is 21.5. The zero-order valence-electron chi connectivity index (χ0n) is 10.9. The zero-order chi connectivity index (χ0) is 13.7. The van der Waals surface area contributed by atoms with E-state index in [-0.39, 0.29) is 5.97 Å². The van der Waals surface area contributed by atoms with Crippen molar-refractivity contribution in [2.45, 2.75) is 6.92 Å². The van der Waals surface area contributed by atoms with Crippen molar-refractivity contribution in [1.29, 1.82) is 0 Å². The molecular formula is C14H15N3O2. The Morgan fingerprint density at radius 1 is 1.26 bits per heavy atom. The van der Waals surface area contributed by atoms with E-state index in [9.17, 15) is 4.79 Å². The largest absolute Gasteiger partial charge is 0.462 e. The standard InChI is InChI=1S/C14H15N3O2/c1-3-19-14(18)11-5-4-6-12(7-11)17(2)13-8-15-10-16-9-13/h4-10H,3H2,1-2H3. The van der Waals surface area contributed by atoms with Crippen LogP contribution in [0, 0.1) is 0 Å². The maximum Gasteiger partial charge on any atom is 0.338 e. The Bertz CT molecular complexity index is 558. The lowest BCUT2D eigenvalue weighted by atomic mass is 10.2. The molecule has 0 radical (unpaired) electrons. The van der Waals surface area contributed by atoms with Crippen molar-refractivity contribution in [2.24, 2.45) is 0 Å². The molecule has 0 N–H and O–H groups in total. The van der Waals surface area contributed by atoms with Gasteiger partial charge in [0, 0.05) is 12.7 Å². The average molecular weight is 257 g/mol. The average Bonchev–Trinajstić information content (AvgIpc) is 2.48. The number of nitrogens with zero attached hydrogens (tertiary/aromatic N) is 3. The van der Waals surface area contributed by atoms with Gasteiger partial charge in [0.1, 0.15) is 6.33 Å². The summed E-state index contributed by atoms with van der Waals surface area (Å²) in [5, 5.41) is 0.